The third-order valence-corrected chi connectivity index (χ3v) is 5.29. The summed E-state index contributed by atoms with van der Waals surface area (Å²) >= 11 is 0. The predicted octanol–water partition coefficient (Wildman–Crippen LogP) is 2.57. The van der Waals surface area contributed by atoms with E-state index in [0.29, 0.717) is 12.1 Å². The molecule has 1 N–H and O–H groups in total. The van der Waals surface area contributed by atoms with Crippen molar-refractivity contribution in [1.82, 2.24) is 10.2 Å². The van der Waals surface area contributed by atoms with Crippen molar-refractivity contribution in [3.05, 3.63) is 0 Å². The zero-order valence-corrected chi connectivity index (χ0v) is 14.2. The lowest BCUT2D eigenvalue weighted by atomic mass is 9.96. The minimum absolute atomic E-state index is 0.0588. The summed E-state index contributed by atoms with van der Waals surface area (Å²) in [7, 11) is 1.52. The van der Waals surface area contributed by atoms with E-state index in [-0.39, 0.29) is 5.97 Å². The number of nitrogens with one attached hydrogen (secondary N) is 1. The molecule has 3 atom stereocenters. The van der Waals surface area contributed by atoms with Crippen LogP contribution in [-0.4, -0.2) is 48.7 Å². The lowest BCUT2D eigenvalue weighted by Gasteiger charge is -2.32. The highest BCUT2D eigenvalue weighted by Gasteiger charge is 2.49. The van der Waals surface area contributed by atoms with Crippen LogP contribution in [0.4, 0.5) is 0 Å². The summed E-state index contributed by atoms with van der Waals surface area (Å²) in [5.41, 5.74) is -0.427. The average Bonchev–Trinajstić information content (AvgIpc) is 3.20. The van der Waals surface area contributed by atoms with Gasteiger partial charge in [-0.05, 0) is 44.6 Å². The van der Waals surface area contributed by atoms with E-state index < -0.39 is 5.54 Å². The van der Waals surface area contributed by atoms with Crippen molar-refractivity contribution in [2.24, 2.45) is 5.92 Å². The van der Waals surface area contributed by atoms with Crippen LogP contribution in [0.25, 0.3) is 0 Å². The molecule has 2 saturated carbocycles. The molecule has 0 amide bonds. The molecule has 0 aromatic carbocycles. The van der Waals surface area contributed by atoms with Gasteiger partial charge < -0.3 is 9.64 Å². The monoisotopic (exact) mass is 296 g/mol. The molecule has 0 aliphatic heterocycles. The molecule has 0 spiro atoms. The summed E-state index contributed by atoms with van der Waals surface area (Å²) in [4.78, 5) is 14.9. The van der Waals surface area contributed by atoms with Crippen LogP contribution in [0.3, 0.4) is 0 Å². The van der Waals surface area contributed by atoms with Crippen molar-refractivity contribution in [2.45, 2.75) is 76.9 Å². The standard InChI is InChI=1S/C17H32N2O2/c1-5-13(3)12-19(6-2)15-9-10-17(11-15,16(20)21-4)18-14-7-8-14/h13-15,18H,5-12H2,1-4H3. The SMILES string of the molecule is CCC(C)CN(CC)C1CCC(NC2CC2)(C(=O)OC)C1. The summed E-state index contributed by atoms with van der Waals surface area (Å²) < 4.78 is 5.11. The van der Waals surface area contributed by atoms with Gasteiger partial charge in [0.05, 0.1) is 7.11 Å². The Morgan fingerprint density at radius 1 is 1.38 bits per heavy atom. The molecule has 0 aromatic rings. The second-order valence-corrected chi connectivity index (χ2v) is 6.99. The number of carbonyl (C=O) groups is 1. The van der Waals surface area contributed by atoms with Crippen molar-refractivity contribution >= 4 is 5.97 Å². The number of methoxy groups -OCH3 is 1. The average molecular weight is 296 g/mol. The van der Waals surface area contributed by atoms with E-state index in [1.54, 1.807) is 0 Å². The Hall–Kier alpha value is -0.610. The Labute approximate surface area is 129 Å². The topological polar surface area (TPSA) is 41.6 Å². The zero-order chi connectivity index (χ0) is 15.5. The molecule has 0 saturated heterocycles. The molecule has 0 bridgehead atoms. The highest BCUT2D eigenvalue weighted by Crippen LogP contribution is 2.37. The van der Waals surface area contributed by atoms with Gasteiger partial charge in [-0.25, -0.2) is 0 Å². The minimum atomic E-state index is -0.427. The largest absolute Gasteiger partial charge is 0.468 e. The highest BCUT2D eigenvalue weighted by molar-refractivity contribution is 5.81. The normalized spacial score (nSPS) is 30.6. The molecule has 0 heterocycles. The number of esters is 1. The van der Waals surface area contributed by atoms with Gasteiger partial charge in [-0.1, -0.05) is 27.2 Å². The first kappa shape index (κ1) is 16.8. The van der Waals surface area contributed by atoms with Crippen molar-refractivity contribution in [2.75, 3.05) is 20.2 Å². The van der Waals surface area contributed by atoms with Crippen LogP contribution in [0, 0.1) is 5.92 Å². The molecule has 0 radical (unpaired) electrons. The van der Waals surface area contributed by atoms with Gasteiger partial charge in [0, 0.05) is 18.6 Å². The molecule has 2 aliphatic rings. The minimum Gasteiger partial charge on any atom is -0.468 e. The zero-order valence-electron chi connectivity index (χ0n) is 14.2. The summed E-state index contributed by atoms with van der Waals surface area (Å²) in [5.74, 6) is 0.658. The van der Waals surface area contributed by atoms with E-state index in [4.69, 9.17) is 4.74 Å². The van der Waals surface area contributed by atoms with Crippen molar-refractivity contribution in [1.29, 1.82) is 0 Å². The molecule has 0 aromatic heterocycles. The van der Waals surface area contributed by atoms with E-state index in [0.717, 1.165) is 38.3 Å². The van der Waals surface area contributed by atoms with Gasteiger partial charge >= 0.3 is 5.97 Å². The molecule has 2 rings (SSSR count). The van der Waals surface area contributed by atoms with Crippen molar-refractivity contribution < 1.29 is 9.53 Å². The second kappa shape index (κ2) is 7.10. The number of hydrogen-bond acceptors (Lipinski definition) is 4. The summed E-state index contributed by atoms with van der Waals surface area (Å²) in [6, 6.07) is 1.04. The quantitative estimate of drug-likeness (QED) is 0.699. The number of rotatable bonds is 8. The lowest BCUT2D eigenvalue weighted by molar-refractivity contribution is -0.148. The molecule has 122 valence electrons. The van der Waals surface area contributed by atoms with Crippen LogP contribution in [0.2, 0.25) is 0 Å². The Morgan fingerprint density at radius 3 is 2.62 bits per heavy atom. The molecule has 2 aliphatic carbocycles. The van der Waals surface area contributed by atoms with Gasteiger partial charge in [-0.3, -0.25) is 10.1 Å². The summed E-state index contributed by atoms with van der Waals surface area (Å²) in [5, 5.41) is 3.59. The number of hydrogen-bond donors (Lipinski definition) is 1. The van der Waals surface area contributed by atoms with Gasteiger partial charge in [0.2, 0.25) is 0 Å². The Kier molecular flexibility index (Phi) is 5.67. The van der Waals surface area contributed by atoms with E-state index in [1.807, 2.05) is 0 Å². The number of carbonyl (C=O) groups excluding carboxylic acids is 1. The fourth-order valence-electron chi connectivity index (χ4n) is 3.59. The van der Waals surface area contributed by atoms with Crippen LogP contribution >= 0.6 is 0 Å². The first-order valence-corrected chi connectivity index (χ1v) is 8.64. The summed E-state index contributed by atoms with van der Waals surface area (Å²) in [6.45, 7) is 9.00. The Bertz CT molecular complexity index is 357. The number of nitrogens with zero attached hydrogens (tertiary/aromatic N) is 1. The van der Waals surface area contributed by atoms with Gasteiger partial charge in [0.15, 0.2) is 0 Å². The second-order valence-electron chi connectivity index (χ2n) is 6.99. The van der Waals surface area contributed by atoms with Crippen molar-refractivity contribution in [3.63, 3.8) is 0 Å². The maximum Gasteiger partial charge on any atom is 0.326 e. The fourth-order valence-corrected chi connectivity index (χ4v) is 3.59. The third kappa shape index (κ3) is 3.98. The van der Waals surface area contributed by atoms with Crippen LogP contribution in [0.1, 0.15) is 59.3 Å². The van der Waals surface area contributed by atoms with E-state index in [2.05, 4.69) is 31.0 Å². The highest BCUT2D eigenvalue weighted by atomic mass is 16.5. The molecule has 21 heavy (non-hydrogen) atoms. The first-order chi connectivity index (χ1) is 10.0. The van der Waals surface area contributed by atoms with Crippen LogP contribution in [0.5, 0.6) is 0 Å². The van der Waals surface area contributed by atoms with Crippen molar-refractivity contribution in [3.8, 4) is 0 Å². The van der Waals surface area contributed by atoms with E-state index in [9.17, 15) is 4.79 Å². The molecular formula is C17H32N2O2. The van der Waals surface area contributed by atoms with Gasteiger partial charge in [0.1, 0.15) is 5.54 Å². The maximum atomic E-state index is 12.3. The Morgan fingerprint density at radius 2 is 2.10 bits per heavy atom. The maximum absolute atomic E-state index is 12.3. The van der Waals surface area contributed by atoms with Crippen LogP contribution in [-0.2, 0) is 9.53 Å². The fraction of sp³-hybridized carbons (Fsp3) is 0.941. The molecular weight excluding hydrogens is 264 g/mol. The summed E-state index contributed by atoms with van der Waals surface area (Å²) in [6.07, 6.45) is 6.53. The molecule has 2 fully saturated rings. The van der Waals surface area contributed by atoms with Gasteiger partial charge in [-0.2, -0.15) is 0 Å². The third-order valence-electron chi connectivity index (χ3n) is 5.29. The number of ether oxygens (including phenoxy) is 1. The molecule has 4 nitrogen and oxygen atoms in total. The Balaban J connectivity index is 2.01. The lowest BCUT2D eigenvalue weighted by Crippen LogP contribution is -2.53. The van der Waals surface area contributed by atoms with E-state index in [1.165, 1.54) is 26.4 Å². The van der Waals surface area contributed by atoms with Crippen LogP contribution in [0.15, 0.2) is 0 Å². The predicted molar refractivity (Wildman–Crippen MR) is 85.2 cm³/mol. The first-order valence-electron chi connectivity index (χ1n) is 8.64. The van der Waals surface area contributed by atoms with Gasteiger partial charge in [-0.15, -0.1) is 0 Å². The smallest absolute Gasteiger partial charge is 0.326 e. The van der Waals surface area contributed by atoms with E-state index >= 15 is 0 Å². The van der Waals surface area contributed by atoms with Gasteiger partial charge in [0.25, 0.3) is 0 Å². The van der Waals surface area contributed by atoms with Crippen LogP contribution < -0.4 is 5.32 Å². The molecule has 3 unspecified atom stereocenters. The molecule has 4 heteroatoms.